The lowest BCUT2D eigenvalue weighted by Gasteiger charge is -2.03. The zero-order valence-electron chi connectivity index (χ0n) is 11.8. The summed E-state index contributed by atoms with van der Waals surface area (Å²) in [5.74, 6) is 0.544. The van der Waals surface area contributed by atoms with E-state index in [-0.39, 0.29) is 18.3 Å². The summed E-state index contributed by atoms with van der Waals surface area (Å²) in [7, 11) is 1.60. The third-order valence-electron chi connectivity index (χ3n) is 3.12. The standard InChI is InChI=1S/C16H13ClN2O3/c1-21-12-5-2-10(3-6-12)8-15(20)19-16-18-13-9-11(17)4-7-14(13)22-16/h2-7,9H,8H2,1H3,(H,18,19,20). The largest absolute Gasteiger partial charge is 0.497 e. The van der Waals surface area contributed by atoms with Crippen LogP contribution in [0.4, 0.5) is 6.01 Å². The maximum atomic E-state index is 12.0. The highest BCUT2D eigenvalue weighted by atomic mass is 35.5. The minimum Gasteiger partial charge on any atom is -0.497 e. The molecule has 0 aliphatic rings. The number of benzene rings is 2. The first-order valence-electron chi connectivity index (χ1n) is 6.63. The Balaban J connectivity index is 1.69. The second kappa shape index (κ2) is 6.07. The van der Waals surface area contributed by atoms with Gasteiger partial charge >= 0.3 is 6.01 Å². The summed E-state index contributed by atoms with van der Waals surface area (Å²) < 4.78 is 10.5. The maximum absolute atomic E-state index is 12.0. The third-order valence-corrected chi connectivity index (χ3v) is 3.35. The van der Waals surface area contributed by atoms with Gasteiger partial charge in [0.05, 0.1) is 13.5 Å². The molecule has 22 heavy (non-hydrogen) atoms. The SMILES string of the molecule is COc1ccc(CC(=O)Nc2nc3cc(Cl)ccc3o2)cc1. The molecule has 6 heteroatoms. The van der Waals surface area contributed by atoms with Crippen molar-refractivity contribution in [1.82, 2.24) is 4.98 Å². The van der Waals surface area contributed by atoms with E-state index in [4.69, 9.17) is 20.8 Å². The van der Waals surface area contributed by atoms with Crippen molar-refractivity contribution in [1.29, 1.82) is 0 Å². The first-order valence-corrected chi connectivity index (χ1v) is 7.01. The minimum atomic E-state index is -0.206. The molecule has 0 saturated carbocycles. The summed E-state index contributed by atoms with van der Waals surface area (Å²) in [6.07, 6.45) is 0.226. The first kappa shape index (κ1) is 14.4. The number of carbonyl (C=O) groups excluding carboxylic acids is 1. The highest BCUT2D eigenvalue weighted by Crippen LogP contribution is 2.22. The Hall–Kier alpha value is -2.53. The molecule has 2 aromatic carbocycles. The number of anilines is 1. The fourth-order valence-electron chi connectivity index (χ4n) is 2.05. The van der Waals surface area contributed by atoms with Crippen molar-refractivity contribution in [2.45, 2.75) is 6.42 Å². The van der Waals surface area contributed by atoms with Crippen molar-refractivity contribution >= 4 is 34.6 Å². The lowest BCUT2D eigenvalue weighted by Crippen LogP contribution is -2.14. The molecule has 0 unspecified atom stereocenters. The van der Waals surface area contributed by atoms with E-state index in [2.05, 4.69) is 10.3 Å². The molecular formula is C16H13ClN2O3. The van der Waals surface area contributed by atoms with Gasteiger partial charge in [0, 0.05) is 5.02 Å². The molecule has 0 aliphatic carbocycles. The van der Waals surface area contributed by atoms with Crippen LogP contribution in [-0.4, -0.2) is 18.0 Å². The molecule has 112 valence electrons. The first-order chi connectivity index (χ1) is 10.6. The predicted octanol–water partition coefficient (Wildman–Crippen LogP) is 3.67. The van der Waals surface area contributed by atoms with E-state index in [0.717, 1.165) is 11.3 Å². The summed E-state index contributed by atoms with van der Waals surface area (Å²) in [5, 5.41) is 3.20. The lowest BCUT2D eigenvalue weighted by molar-refractivity contribution is -0.115. The van der Waals surface area contributed by atoms with E-state index in [0.29, 0.717) is 16.1 Å². The quantitative estimate of drug-likeness (QED) is 0.797. The van der Waals surface area contributed by atoms with Crippen LogP contribution >= 0.6 is 11.6 Å². The Morgan fingerprint density at radius 1 is 1.27 bits per heavy atom. The Bertz CT molecular complexity index is 812. The van der Waals surface area contributed by atoms with E-state index >= 15 is 0 Å². The molecule has 3 rings (SSSR count). The molecule has 5 nitrogen and oxygen atoms in total. The van der Waals surface area contributed by atoms with E-state index < -0.39 is 0 Å². The fraction of sp³-hybridized carbons (Fsp3) is 0.125. The number of ether oxygens (including phenoxy) is 1. The molecule has 1 heterocycles. The van der Waals surface area contributed by atoms with Gasteiger partial charge in [-0.2, -0.15) is 4.98 Å². The minimum absolute atomic E-state index is 0.163. The second-order valence-corrected chi connectivity index (χ2v) is 5.14. The van der Waals surface area contributed by atoms with Gasteiger partial charge in [-0.25, -0.2) is 0 Å². The molecule has 1 amide bonds. The van der Waals surface area contributed by atoms with Crippen LogP contribution in [0.2, 0.25) is 5.02 Å². The van der Waals surface area contributed by atoms with Crippen LogP contribution in [0.25, 0.3) is 11.1 Å². The van der Waals surface area contributed by atoms with Gasteiger partial charge in [-0.15, -0.1) is 0 Å². The van der Waals surface area contributed by atoms with Gasteiger partial charge in [-0.1, -0.05) is 23.7 Å². The van der Waals surface area contributed by atoms with Crippen molar-refractivity contribution in [3.05, 3.63) is 53.1 Å². The Morgan fingerprint density at radius 3 is 2.77 bits per heavy atom. The molecule has 0 radical (unpaired) electrons. The third kappa shape index (κ3) is 3.20. The summed E-state index contributed by atoms with van der Waals surface area (Å²) in [6, 6.07) is 12.6. The van der Waals surface area contributed by atoms with Crippen molar-refractivity contribution in [3.8, 4) is 5.75 Å². The smallest absolute Gasteiger partial charge is 0.302 e. The number of nitrogens with zero attached hydrogens (tertiary/aromatic N) is 1. The zero-order valence-corrected chi connectivity index (χ0v) is 12.6. The molecular weight excluding hydrogens is 304 g/mol. The molecule has 1 N–H and O–H groups in total. The number of oxazole rings is 1. The van der Waals surface area contributed by atoms with E-state index in [1.807, 2.05) is 24.3 Å². The van der Waals surface area contributed by atoms with Crippen LogP contribution in [0.15, 0.2) is 46.9 Å². The number of nitrogens with one attached hydrogen (secondary N) is 1. The summed E-state index contributed by atoms with van der Waals surface area (Å²) in [6.45, 7) is 0. The molecule has 0 fully saturated rings. The van der Waals surface area contributed by atoms with Gasteiger partial charge in [-0.05, 0) is 35.9 Å². The highest BCUT2D eigenvalue weighted by molar-refractivity contribution is 6.31. The molecule has 0 bridgehead atoms. The molecule has 3 aromatic rings. The van der Waals surface area contributed by atoms with Crippen LogP contribution in [0.3, 0.4) is 0 Å². The average Bonchev–Trinajstić information content (AvgIpc) is 2.89. The van der Waals surface area contributed by atoms with Crippen LogP contribution in [-0.2, 0) is 11.2 Å². The van der Waals surface area contributed by atoms with Gasteiger partial charge in [0.1, 0.15) is 11.3 Å². The fourth-order valence-corrected chi connectivity index (χ4v) is 2.21. The van der Waals surface area contributed by atoms with E-state index in [1.54, 1.807) is 25.3 Å². The summed E-state index contributed by atoms with van der Waals surface area (Å²) in [4.78, 5) is 16.2. The van der Waals surface area contributed by atoms with Crippen LogP contribution in [0, 0.1) is 0 Å². The molecule has 1 aromatic heterocycles. The Morgan fingerprint density at radius 2 is 2.05 bits per heavy atom. The van der Waals surface area contributed by atoms with Crippen molar-refractivity contribution < 1.29 is 13.9 Å². The van der Waals surface area contributed by atoms with Crippen molar-refractivity contribution in [2.75, 3.05) is 12.4 Å². The zero-order chi connectivity index (χ0) is 15.5. The Kier molecular flexibility index (Phi) is 3.98. The van der Waals surface area contributed by atoms with Gasteiger partial charge in [0.2, 0.25) is 5.91 Å². The number of amides is 1. The number of methoxy groups -OCH3 is 1. The number of halogens is 1. The van der Waals surface area contributed by atoms with Crippen molar-refractivity contribution in [2.24, 2.45) is 0 Å². The van der Waals surface area contributed by atoms with Crippen LogP contribution < -0.4 is 10.1 Å². The number of carbonyl (C=O) groups is 1. The number of aromatic nitrogens is 1. The van der Waals surface area contributed by atoms with Gasteiger partial charge in [0.25, 0.3) is 0 Å². The van der Waals surface area contributed by atoms with Crippen molar-refractivity contribution in [3.63, 3.8) is 0 Å². The van der Waals surface area contributed by atoms with E-state index in [9.17, 15) is 4.79 Å². The van der Waals surface area contributed by atoms with Crippen LogP contribution in [0.1, 0.15) is 5.56 Å². The number of fused-ring (bicyclic) bond motifs is 1. The van der Waals surface area contributed by atoms with E-state index in [1.165, 1.54) is 0 Å². The molecule has 0 spiro atoms. The topological polar surface area (TPSA) is 64.4 Å². The predicted molar refractivity (Wildman–Crippen MR) is 84.3 cm³/mol. The maximum Gasteiger partial charge on any atom is 0.302 e. The summed E-state index contributed by atoms with van der Waals surface area (Å²) in [5.41, 5.74) is 2.05. The second-order valence-electron chi connectivity index (χ2n) is 4.70. The average molecular weight is 317 g/mol. The monoisotopic (exact) mass is 316 g/mol. The summed E-state index contributed by atoms with van der Waals surface area (Å²) >= 11 is 5.89. The number of hydrogen-bond donors (Lipinski definition) is 1. The number of hydrogen-bond acceptors (Lipinski definition) is 4. The Labute approximate surface area is 131 Å². The lowest BCUT2D eigenvalue weighted by atomic mass is 10.1. The van der Waals surface area contributed by atoms with Gasteiger partial charge in [0.15, 0.2) is 5.58 Å². The highest BCUT2D eigenvalue weighted by Gasteiger charge is 2.10. The molecule has 0 aliphatic heterocycles. The van der Waals surface area contributed by atoms with Gasteiger partial charge < -0.3 is 9.15 Å². The normalized spacial score (nSPS) is 10.6. The van der Waals surface area contributed by atoms with Crippen LogP contribution in [0.5, 0.6) is 5.75 Å². The van der Waals surface area contributed by atoms with Gasteiger partial charge in [-0.3, -0.25) is 10.1 Å². The molecule has 0 atom stereocenters. The molecule has 0 saturated heterocycles. The number of rotatable bonds is 4.